The molecule has 0 bridgehead atoms. The SMILES string of the molecule is OC(CNc1ccc(Br)cc1Br)c1ccc2c(c1)OCO2. The molecule has 4 nitrogen and oxygen atoms in total. The first-order valence-electron chi connectivity index (χ1n) is 6.40. The Morgan fingerprint density at radius 2 is 1.90 bits per heavy atom. The van der Waals surface area contributed by atoms with Crippen molar-refractivity contribution in [1.82, 2.24) is 0 Å². The summed E-state index contributed by atoms with van der Waals surface area (Å²) in [4.78, 5) is 0. The van der Waals surface area contributed by atoms with Crippen LogP contribution in [0.5, 0.6) is 11.5 Å². The molecule has 21 heavy (non-hydrogen) atoms. The Balaban J connectivity index is 1.67. The van der Waals surface area contributed by atoms with Gasteiger partial charge in [0, 0.05) is 21.2 Å². The van der Waals surface area contributed by atoms with Gasteiger partial charge in [0.2, 0.25) is 6.79 Å². The van der Waals surface area contributed by atoms with Crippen LogP contribution in [0.4, 0.5) is 5.69 Å². The molecule has 0 amide bonds. The van der Waals surface area contributed by atoms with Crippen LogP contribution >= 0.6 is 31.9 Å². The van der Waals surface area contributed by atoms with Gasteiger partial charge in [-0.2, -0.15) is 0 Å². The third-order valence-electron chi connectivity index (χ3n) is 3.20. The number of nitrogens with one attached hydrogen (secondary N) is 1. The molecule has 0 aromatic heterocycles. The average Bonchev–Trinajstić information content (AvgIpc) is 2.93. The predicted octanol–water partition coefficient (Wildman–Crippen LogP) is 4.09. The minimum Gasteiger partial charge on any atom is -0.454 e. The molecule has 2 N–H and O–H groups in total. The Morgan fingerprint density at radius 3 is 2.71 bits per heavy atom. The second-order valence-electron chi connectivity index (χ2n) is 4.63. The zero-order valence-electron chi connectivity index (χ0n) is 11.0. The monoisotopic (exact) mass is 413 g/mol. The van der Waals surface area contributed by atoms with Crippen molar-refractivity contribution < 1.29 is 14.6 Å². The third-order valence-corrected chi connectivity index (χ3v) is 4.35. The number of hydrogen-bond donors (Lipinski definition) is 2. The number of aliphatic hydroxyl groups is 1. The Kier molecular flexibility index (Phi) is 4.37. The Labute approximate surface area is 139 Å². The van der Waals surface area contributed by atoms with Crippen LogP contribution in [0.3, 0.4) is 0 Å². The van der Waals surface area contributed by atoms with Crippen molar-refractivity contribution in [2.24, 2.45) is 0 Å². The normalized spacial score (nSPS) is 14.0. The summed E-state index contributed by atoms with van der Waals surface area (Å²) in [6.07, 6.45) is -0.630. The van der Waals surface area contributed by atoms with Gasteiger partial charge in [-0.25, -0.2) is 0 Å². The Hall–Kier alpha value is -1.24. The van der Waals surface area contributed by atoms with E-state index in [1.807, 2.05) is 36.4 Å². The third kappa shape index (κ3) is 3.33. The topological polar surface area (TPSA) is 50.7 Å². The van der Waals surface area contributed by atoms with Gasteiger partial charge in [-0.3, -0.25) is 0 Å². The molecule has 1 aliphatic rings. The smallest absolute Gasteiger partial charge is 0.231 e. The van der Waals surface area contributed by atoms with Crippen molar-refractivity contribution in [2.45, 2.75) is 6.10 Å². The van der Waals surface area contributed by atoms with Crippen LogP contribution in [-0.4, -0.2) is 18.4 Å². The maximum atomic E-state index is 10.3. The number of anilines is 1. The second-order valence-corrected chi connectivity index (χ2v) is 6.40. The maximum absolute atomic E-state index is 10.3. The quantitative estimate of drug-likeness (QED) is 0.791. The fraction of sp³-hybridized carbons (Fsp3) is 0.200. The molecule has 2 aromatic rings. The highest BCUT2D eigenvalue weighted by atomic mass is 79.9. The van der Waals surface area contributed by atoms with E-state index in [2.05, 4.69) is 37.2 Å². The minimum absolute atomic E-state index is 0.235. The summed E-state index contributed by atoms with van der Waals surface area (Å²) in [6, 6.07) is 11.3. The molecule has 0 spiro atoms. The first-order chi connectivity index (χ1) is 10.1. The van der Waals surface area contributed by atoms with Crippen molar-refractivity contribution in [3.8, 4) is 11.5 Å². The van der Waals surface area contributed by atoms with E-state index in [0.717, 1.165) is 25.9 Å². The summed E-state index contributed by atoms with van der Waals surface area (Å²) in [6.45, 7) is 0.638. The molecule has 0 saturated carbocycles. The van der Waals surface area contributed by atoms with Gasteiger partial charge < -0.3 is 19.9 Å². The molecular weight excluding hydrogens is 402 g/mol. The fourth-order valence-corrected chi connectivity index (χ4v) is 3.26. The van der Waals surface area contributed by atoms with E-state index < -0.39 is 6.10 Å². The molecule has 110 valence electrons. The van der Waals surface area contributed by atoms with E-state index in [9.17, 15) is 5.11 Å². The van der Waals surface area contributed by atoms with Gasteiger partial charge in [-0.1, -0.05) is 22.0 Å². The van der Waals surface area contributed by atoms with Crippen molar-refractivity contribution >= 4 is 37.5 Å². The number of benzene rings is 2. The van der Waals surface area contributed by atoms with E-state index >= 15 is 0 Å². The highest BCUT2D eigenvalue weighted by Crippen LogP contribution is 2.34. The fourth-order valence-electron chi connectivity index (χ4n) is 2.08. The summed E-state index contributed by atoms with van der Waals surface area (Å²) in [5.74, 6) is 1.39. The predicted molar refractivity (Wildman–Crippen MR) is 87.9 cm³/mol. The number of hydrogen-bond acceptors (Lipinski definition) is 4. The molecule has 0 fully saturated rings. The molecule has 1 heterocycles. The van der Waals surface area contributed by atoms with Gasteiger partial charge in [-0.15, -0.1) is 0 Å². The molecule has 2 aromatic carbocycles. The Morgan fingerprint density at radius 1 is 1.10 bits per heavy atom. The average molecular weight is 415 g/mol. The van der Waals surface area contributed by atoms with Crippen molar-refractivity contribution in [3.05, 3.63) is 50.9 Å². The second kappa shape index (κ2) is 6.25. The highest BCUT2D eigenvalue weighted by Gasteiger charge is 2.16. The molecule has 0 radical (unpaired) electrons. The van der Waals surface area contributed by atoms with Gasteiger partial charge in [0.05, 0.1) is 6.10 Å². The molecule has 0 saturated heterocycles. The zero-order valence-corrected chi connectivity index (χ0v) is 14.1. The molecule has 1 aliphatic heterocycles. The van der Waals surface area contributed by atoms with Gasteiger partial charge in [0.15, 0.2) is 11.5 Å². The lowest BCUT2D eigenvalue weighted by molar-refractivity contribution is 0.173. The van der Waals surface area contributed by atoms with E-state index in [1.165, 1.54) is 0 Å². The number of rotatable bonds is 4. The first kappa shape index (κ1) is 14.7. The molecule has 3 rings (SSSR count). The van der Waals surface area contributed by atoms with Gasteiger partial charge in [-0.05, 0) is 51.8 Å². The van der Waals surface area contributed by atoms with Crippen LogP contribution in [0.25, 0.3) is 0 Å². The van der Waals surface area contributed by atoms with Crippen LogP contribution in [0.15, 0.2) is 45.3 Å². The van der Waals surface area contributed by atoms with Gasteiger partial charge >= 0.3 is 0 Å². The van der Waals surface area contributed by atoms with E-state index in [1.54, 1.807) is 0 Å². The first-order valence-corrected chi connectivity index (χ1v) is 7.98. The number of fused-ring (bicyclic) bond motifs is 1. The van der Waals surface area contributed by atoms with Crippen LogP contribution in [-0.2, 0) is 0 Å². The number of ether oxygens (including phenoxy) is 2. The standard InChI is InChI=1S/C15H13Br2NO3/c16-10-2-3-12(11(17)6-10)18-7-13(19)9-1-4-14-15(5-9)21-8-20-14/h1-6,13,18-19H,7-8H2. The van der Waals surface area contributed by atoms with E-state index in [-0.39, 0.29) is 6.79 Å². The molecular formula is C15H13Br2NO3. The van der Waals surface area contributed by atoms with Gasteiger partial charge in [0.25, 0.3) is 0 Å². The van der Waals surface area contributed by atoms with Crippen LogP contribution in [0, 0.1) is 0 Å². The molecule has 1 unspecified atom stereocenters. The lowest BCUT2D eigenvalue weighted by Crippen LogP contribution is -2.12. The van der Waals surface area contributed by atoms with Crippen LogP contribution < -0.4 is 14.8 Å². The lowest BCUT2D eigenvalue weighted by atomic mass is 10.1. The minimum atomic E-state index is -0.630. The van der Waals surface area contributed by atoms with Crippen molar-refractivity contribution in [3.63, 3.8) is 0 Å². The largest absolute Gasteiger partial charge is 0.454 e. The van der Waals surface area contributed by atoms with Crippen LogP contribution in [0.1, 0.15) is 11.7 Å². The maximum Gasteiger partial charge on any atom is 0.231 e. The van der Waals surface area contributed by atoms with Gasteiger partial charge in [0.1, 0.15) is 0 Å². The lowest BCUT2D eigenvalue weighted by Gasteiger charge is -2.14. The van der Waals surface area contributed by atoms with Crippen molar-refractivity contribution in [1.29, 1.82) is 0 Å². The number of aliphatic hydroxyl groups excluding tert-OH is 1. The zero-order chi connectivity index (χ0) is 14.8. The summed E-state index contributed by atoms with van der Waals surface area (Å²) < 4.78 is 12.5. The van der Waals surface area contributed by atoms with Crippen LogP contribution in [0.2, 0.25) is 0 Å². The summed E-state index contributed by atoms with van der Waals surface area (Å²) in [7, 11) is 0. The Bertz CT molecular complexity index is 663. The van der Waals surface area contributed by atoms with E-state index in [4.69, 9.17) is 9.47 Å². The van der Waals surface area contributed by atoms with E-state index in [0.29, 0.717) is 12.3 Å². The number of halogens is 2. The summed E-state index contributed by atoms with van der Waals surface area (Å²) in [5, 5.41) is 13.5. The molecule has 1 atom stereocenters. The molecule has 0 aliphatic carbocycles. The summed E-state index contributed by atoms with van der Waals surface area (Å²) >= 11 is 6.89. The summed E-state index contributed by atoms with van der Waals surface area (Å²) in [5.41, 5.74) is 1.72. The molecule has 6 heteroatoms. The highest BCUT2D eigenvalue weighted by molar-refractivity contribution is 9.11. The van der Waals surface area contributed by atoms with Crippen molar-refractivity contribution in [2.75, 3.05) is 18.7 Å².